The molecule has 11 rings (SSSR count). The standard InChI is InChI=1S/C50H31NO2/c1-3-12-32(13-4-1)40-19-11-20-43-42-27-25-37(31-47(42)53-49(40)43)51(36-24-26-39-35(30-36)23-22-34-16-7-8-17-38(34)39)45-29-28-41(33-14-5-2-6-15-33)50-48(45)44-18-9-10-21-46(44)52-50/h1-31H. The van der Waals surface area contributed by atoms with Gasteiger partial charge in [0.15, 0.2) is 0 Å². The first kappa shape index (κ1) is 29.6. The van der Waals surface area contributed by atoms with Gasteiger partial charge in [0.1, 0.15) is 22.3 Å². The van der Waals surface area contributed by atoms with Crippen LogP contribution < -0.4 is 4.90 Å². The molecule has 248 valence electrons. The Kier molecular flexibility index (Phi) is 6.55. The zero-order chi connectivity index (χ0) is 34.9. The van der Waals surface area contributed by atoms with Gasteiger partial charge in [-0.15, -0.1) is 0 Å². The van der Waals surface area contributed by atoms with Gasteiger partial charge in [-0.1, -0.05) is 140 Å². The maximum absolute atomic E-state index is 6.79. The zero-order valence-electron chi connectivity index (χ0n) is 28.7. The highest BCUT2D eigenvalue weighted by molar-refractivity contribution is 6.18. The van der Waals surface area contributed by atoms with E-state index in [1.165, 1.54) is 21.5 Å². The molecule has 0 amide bonds. The molecule has 0 bridgehead atoms. The minimum absolute atomic E-state index is 0.840. The van der Waals surface area contributed by atoms with Gasteiger partial charge >= 0.3 is 0 Å². The van der Waals surface area contributed by atoms with E-state index in [9.17, 15) is 0 Å². The number of anilines is 3. The van der Waals surface area contributed by atoms with Crippen molar-refractivity contribution in [1.82, 2.24) is 0 Å². The lowest BCUT2D eigenvalue weighted by Gasteiger charge is -2.27. The molecule has 0 aliphatic rings. The first-order chi connectivity index (χ1) is 26.3. The van der Waals surface area contributed by atoms with E-state index in [0.717, 1.165) is 83.2 Å². The second kappa shape index (κ2) is 11.7. The van der Waals surface area contributed by atoms with Gasteiger partial charge in [-0.3, -0.25) is 0 Å². The first-order valence-corrected chi connectivity index (χ1v) is 18.0. The van der Waals surface area contributed by atoms with Crippen LogP contribution in [0.4, 0.5) is 17.1 Å². The van der Waals surface area contributed by atoms with Crippen LogP contribution in [-0.4, -0.2) is 0 Å². The maximum Gasteiger partial charge on any atom is 0.145 e. The quantitative estimate of drug-likeness (QED) is 0.170. The van der Waals surface area contributed by atoms with Crippen molar-refractivity contribution in [3.05, 3.63) is 188 Å². The summed E-state index contributed by atoms with van der Waals surface area (Å²) in [5.74, 6) is 0. The summed E-state index contributed by atoms with van der Waals surface area (Å²) < 4.78 is 13.5. The van der Waals surface area contributed by atoms with Gasteiger partial charge in [-0.2, -0.15) is 0 Å². The number of nitrogens with zero attached hydrogens (tertiary/aromatic N) is 1. The Labute approximate surface area is 305 Å². The molecule has 0 saturated heterocycles. The molecule has 9 aromatic carbocycles. The normalized spacial score (nSPS) is 11.8. The number of hydrogen-bond donors (Lipinski definition) is 0. The molecule has 53 heavy (non-hydrogen) atoms. The van der Waals surface area contributed by atoms with Crippen LogP contribution in [0.15, 0.2) is 197 Å². The molecule has 0 radical (unpaired) electrons. The van der Waals surface area contributed by atoms with Crippen LogP contribution in [0.25, 0.3) is 87.7 Å². The van der Waals surface area contributed by atoms with Gasteiger partial charge in [0, 0.05) is 44.7 Å². The van der Waals surface area contributed by atoms with Crippen molar-refractivity contribution in [2.45, 2.75) is 0 Å². The molecule has 3 heteroatoms. The third-order valence-electron chi connectivity index (χ3n) is 10.6. The SMILES string of the molecule is c1ccc(-c2cccc3c2oc2cc(N(c4ccc5c(ccc6ccccc65)c4)c4ccc(-c5ccccc5)c5oc6ccccc6c45)ccc23)cc1. The monoisotopic (exact) mass is 677 g/mol. The summed E-state index contributed by atoms with van der Waals surface area (Å²) in [5, 5.41) is 9.22. The summed E-state index contributed by atoms with van der Waals surface area (Å²) in [6.45, 7) is 0. The third-order valence-corrected chi connectivity index (χ3v) is 10.6. The topological polar surface area (TPSA) is 29.5 Å². The van der Waals surface area contributed by atoms with E-state index in [-0.39, 0.29) is 0 Å². The van der Waals surface area contributed by atoms with Crippen LogP contribution in [-0.2, 0) is 0 Å². The minimum Gasteiger partial charge on any atom is -0.455 e. The number of benzene rings is 9. The van der Waals surface area contributed by atoms with Gasteiger partial charge in [0.05, 0.1) is 11.1 Å². The maximum atomic E-state index is 6.79. The Morgan fingerprint density at radius 1 is 0.340 bits per heavy atom. The fraction of sp³-hybridized carbons (Fsp3) is 0. The Morgan fingerprint density at radius 3 is 1.75 bits per heavy atom. The largest absolute Gasteiger partial charge is 0.455 e. The number of para-hydroxylation sites is 2. The van der Waals surface area contributed by atoms with E-state index >= 15 is 0 Å². The second-order valence-corrected chi connectivity index (χ2v) is 13.7. The van der Waals surface area contributed by atoms with E-state index in [4.69, 9.17) is 8.83 Å². The summed E-state index contributed by atoms with van der Waals surface area (Å²) >= 11 is 0. The van der Waals surface area contributed by atoms with Crippen molar-refractivity contribution >= 4 is 82.5 Å². The van der Waals surface area contributed by atoms with E-state index in [0.29, 0.717) is 0 Å². The molecule has 0 N–H and O–H groups in total. The molecule has 3 nitrogen and oxygen atoms in total. The first-order valence-electron chi connectivity index (χ1n) is 18.0. The van der Waals surface area contributed by atoms with Crippen LogP contribution in [0.5, 0.6) is 0 Å². The van der Waals surface area contributed by atoms with Crippen molar-refractivity contribution < 1.29 is 8.83 Å². The molecule has 11 aromatic rings. The molecular weight excluding hydrogens is 647 g/mol. The molecule has 0 atom stereocenters. The number of fused-ring (bicyclic) bond motifs is 9. The Bertz CT molecular complexity index is 3170. The Hall–Kier alpha value is -7.10. The fourth-order valence-electron chi connectivity index (χ4n) is 8.18. The number of hydrogen-bond acceptors (Lipinski definition) is 3. The van der Waals surface area contributed by atoms with Crippen molar-refractivity contribution in [2.75, 3.05) is 4.90 Å². The predicted molar refractivity (Wildman–Crippen MR) is 222 cm³/mol. The summed E-state index contributed by atoms with van der Waals surface area (Å²) in [6.07, 6.45) is 0. The number of rotatable bonds is 5. The van der Waals surface area contributed by atoms with Crippen molar-refractivity contribution in [1.29, 1.82) is 0 Å². The Balaban J connectivity index is 1.19. The molecule has 0 unspecified atom stereocenters. The van der Waals surface area contributed by atoms with Crippen LogP contribution in [0, 0.1) is 0 Å². The van der Waals surface area contributed by atoms with Gasteiger partial charge in [-0.05, 0) is 75.1 Å². The summed E-state index contributed by atoms with van der Waals surface area (Å²) in [7, 11) is 0. The summed E-state index contributed by atoms with van der Waals surface area (Å²) in [4.78, 5) is 2.36. The minimum atomic E-state index is 0.840. The van der Waals surface area contributed by atoms with Crippen LogP contribution in [0.2, 0.25) is 0 Å². The average molecular weight is 678 g/mol. The molecular formula is C50H31NO2. The van der Waals surface area contributed by atoms with Gasteiger partial charge < -0.3 is 13.7 Å². The smallest absolute Gasteiger partial charge is 0.145 e. The Morgan fingerprint density at radius 2 is 0.943 bits per heavy atom. The lowest BCUT2D eigenvalue weighted by atomic mass is 9.98. The highest BCUT2D eigenvalue weighted by Gasteiger charge is 2.23. The van der Waals surface area contributed by atoms with E-state index in [1.807, 2.05) is 12.1 Å². The molecule has 0 spiro atoms. The van der Waals surface area contributed by atoms with Crippen molar-refractivity contribution in [2.24, 2.45) is 0 Å². The third kappa shape index (κ3) is 4.68. The van der Waals surface area contributed by atoms with E-state index in [2.05, 4.69) is 181 Å². The molecule has 0 fully saturated rings. The molecule has 0 aliphatic carbocycles. The molecule has 0 aliphatic heterocycles. The number of furan rings is 2. The van der Waals surface area contributed by atoms with Crippen LogP contribution in [0.1, 0.15) is 0 Å². The highest BCUT2D eigenvalue weighted by atomic mass is 16.3. The lowest BCUT2D eigenvalue weighted by Crippen LogP contribution is -2.10. The van der Waals surface area contributed by atoms with E-state index in [1.54, 1.807) is 0 Å². The lowest BCUT2D eigenvalue weighted by molar-refractivity contribution is 0.670. The van der Waals surface area contributed by atoms with Gasteiger partial charge in [-0.25, -0.2) is 0 Å². The average Bonchev–Trinajstić information content (AvgIpc) is 3.80. The molecule has 2 heterocycles. The van der Waals surface area contributed by atoms with Crippen LogP contribution in [0.3, 0.4) is 0 Å². The molecule has 0 saturated carbocycles. The highest BCUT2D eigenvalue weighted by Crippen LogP contribution is 2.48. The molecule has 2 aromatic heterocycles. The summed E-state index contributed by atoms with van der Waals surface area (Å²) in [6, 6.07) is 66.6. The predicted octanol–water partition coefficient (Wildman–Crippen LogP) is 14.6. The van der Waals surface area contributed by atoms with Gasteiger partial charge in [0.2, 0.25) is 0 Å². The van der Waals surface area contributed by atoms with Gasteiger partial charge in [0.25, 0.3) is 0 Å². The zero-order valence-corrected chi connectivity index (χ0v) is 28.7. The van der Waals surface area contributed by atoms with E-state index < -0.39 is 0 Å². The van der Waals surface area contributed by atoms with Crippen molar-refractivity contribution in [3.8, 4) is 22.3 Å². The summed E-state index contributed by atoms with van der Waals surface area (Å²) in [5.41, 5.74) is 10.9. The second-order valence-electron chi connectivity index (χ2n) is 13.7. The van der Waals surface area contributed by atoms with Crippen molar-refractivity contribution in [3.63, 3.8) is 0 Å². The van der Waals surface area contributed by atoms with Crippen LogP contribution >= 0.6 is 0 Å². The fourth-order valence-corrected chi connectivity index (χ4v) is 8.18.